The van der Waals surface area contributed by atoms with E-state index in [1.165, 1.54) is 30.2 Å². The molecule has 0 aliphatic carbocycles. The van der Waals surface area contributed by atoms with Crippen LogP contribution in [0, 0.1) is 6.92 Å². The molecular weight excluding hydrogens is 506 g/mol. The predicted octanol–water partition coefficient (Wildman–Crippen LogP) is 6.26. The maximum atomic E-state index is 12.7. The minimum atomic E-state index is -0.266. The van der Waals surface area contributed by atoms with Gasteiger partial charge in [0, 0.05) is 22.0 Å². The van der Waals surface area contributed by atoms with Gasteiger partial charge in [-0.05, 0) is 61.0 Å². The number of halogens is 1. The number of benzene rings is 3. The van der Waals surface area contributed by atoms with Crippen LogP contribution in [0.25, 0.3) is 10.2 Å². The van der Waals surface area contributed by atoms with Gasteiger partial charge in [0.1, 0.15) is 0 Å². The number of thioether (sulfide) groups is 1. The fourth-order valence-corrected chi connectivity index (χ4v) is 5.36. The summed E-state index contributed by atoms with van der Waals surface area (Å²) in [7, 11) is 3.07. The Bertz CT molecular complexity index is 1410. The molecule has 1 aromatic heterocycles. The zero-order valence-electron chi connectivity index (χ0n) is 19.2. The number of ether oxygens (including phenoxy) is 2. The first-order valence-electron chi connectivity index (χ1n) is 10.5. The number of hydrogen-bond acceptors (Lipinski definition) is 7. The summed E-state index contributed by atoms with van der Waals surface area (Å²) >= 11 is 8.94. The van der Waals surface area contributed by atoms with Crippen molar-refractivity contribution in [2.45, 2.75) is 11.3 Å². The van der Waals surface area contributed by atoms with Crippen molar-refractivity contribution >= 4 is 68.1 Å². The van der Waals surface area contributed by atoms with Crippen LogP contribution < -0.4 is 20.1 Å². The lowest BCUT2D eigenvalue weighted by molar-refractivity contribution is -0.113. The van der Waals surface area contributed by atoms with Crippen molar-refractivity contribution in [3.05, 3.63) is 70.7 Å². The lowest BCUT2D eigenvalue weighted by Crippen LogP contribution is -2.14. The second kappa shape index (κ2) is 11.0. The maximum absolute atomic E-state index is 12.7. The van der Waals surface area contributed by atoms with Gasteiger partial charge in [-0.15, -0.1) is 11.3 Å². The highest BCUT2D eigenvalue weighted by Gasteiger charge is 2.13. The number of anilines is 2. The van der Waals surface area contributed by atoms with E-state index in [1.54, 1.807) is 43.5 Å². The third-order valence-corrected chi connectivity index (χ3v) is 7.71. The lowest BCUT2D eigenvalue weighted by atomic mass is 10.2. The molecule has 0 aliphatic rings. The fraction of sp³-hybridized carbons (Fsp3) is 0.160. The number of carbonyl (C=O) groups is 2. The Balaban J connectivity index is 1.40. The third kappa shape index (κ3) is 5.87. The van der Waals surface area contributed by atoms with Crippen molar-refractivity contribution < 1.29 is 19.1 Å². The van der Waals surface area contributed by atoms with E-state index in [1.807, 2.05) is 25.1 Å². The molecule has 4 aromatic rings. The first-order valence-corrected chi connectivity index (χ1v) is 12.7. The fourth-order valence-electron chi connectivity index (χ4n) is 3.28. The first kappa shape index (κ1) is 24.8. The molecule has 0 aliphatic heterocycles. The van der Waals surface area contributed by atoms with E-state index in [4.69, 9.17) is 21.1 Å². The summed E-state index contributed by atoms with van der Waals surface area (Å²) in [4.78, 5) is 29.7. The zero-order valence-corrected chi connectivity index (χ0v) is 21.6. The minimum absolute atomic E-state index is 0.137. The van der Waals surface area contributed by atoms with Gasteiger partial charge in [-0.2, -0.15) is 0 Å². The molecule has 1 heterocycles. The van der Waals surface area contributed by atoms with Gasteiger partial charge in [0.15, 0.2) is 15.8 Å². The van der Waals surface area contributed by atoms with E-state index in [-0.39, 0.29) is 17.6 Å². The van der Waals surface area contributed by atoms with Crippen LogP contribution >= 0.6 is 34.7 Å². The van der Waals surface area contributed by atoms with E-state index in [0.29, 0.717) is 33.5 Å². The van der Waals surface area contributed by atoms with E-state index >= 15 is 0 Å². The Morgan fingerprint density at radius 2 is 1.83 bits per heavy atom. The number of nitrogens with zero attached hydrogens (tertiary/aromatic N) is 1. The topological polar surface area (TPSA) is 89.5 Å². The molecule has 4 rings (SSSR count). The van der Waals surface area contributed by atoms with E-state index in [0.717, 1.165) is 20.1 Å². The molecule has 0 atom stereocenters. The highest BCUT2D eigenvalue weighted by atomic mass is 35.5. The van der Waals surface area contributed by atoms with Crippen molar-refractivity contribution in [1.82, 2.24) is 4.98 Å². The Hall–Kier alpha value is -3.27. The summed E-state index contributed by atoms with van der Waals surface area (Å²) in [5.74, 6) is 0.847. The predicted molar refractivity (Wildman–Crippen MR) is 143 cm³/mol. The number of carbonyl (C=O) groups excluding carboxylic acids is 2. The van der Waals surface area contributed by atoms with Gasteiger partial charge in [0.2, 0.25) is 5.91 Å². The van der Waals surface area contributed by atoms with Crippen LogP contribution in [0.15, 0.2) is 58.9 Å². The average Bonchev–Trinajstić information content (AvgIpc) is 3.27. The van der Waals surface area contributed by atoms with Gasteiger partial charge < -0.3 is 20.1 Å². The first-order chi connectivity index (χ1) is 16.9. The lowest BCUT2D eigenvalue weighted by Gasteiger charge is -2.10. The molecular formula is C25H22ClN3O4S2. The van der Waals surface area contributed by atoms with Gasteiger partial charge in [0.25, 0.3) is 5.91 Å². The molecule has 0 fully saturated rings. The Kier molecular flexibility index (Phi) is 7.80. The van der Waals surface area contributed by atoms with Crippen molar-refractivity contribution in [2.75, 3.05) is 30.6 Å². The quantitative estimate of drug-likeness (QED) is 0.263. The van der Waals surface area contributed by atoms with Crippen molar-refractivity contribution in [3.63, 3.8) is 0 Å². The number of nitrogens with one attached hydrogen (secondary N) is 2. The summed E-state index contributed by atoms with van der Waals surface area (Å²) in [6.45, 7) is 1.86. The highest BCUT2D eigenvalue weighted by molar-refractivity contribution is 8.01. The molecule has 0 saturated carbocycles. The van der Waals surface area contributed by atoms with Crippen LogP contribution in [0.1, 0.15) is 15.9 Å². The number of aromatic nitrogens is 1. The number of rotatable bonds is 8. The van der Waals surface area contributed by atoms with Gasteiger partial charge in [-0.3, -0.25) is 9.59 Å². The summed E-state index contributed by atoms with van der Waals surface area (Å²) in [6.07, 6.45) is 0. The normalized spacial score (nSPS) is 10.7. The number of fused-ring (bicyclic) bond motifs is 1. The number of thiazole rings is 1. The van der Waals surface area contributed by atoms with Crippen molar-refractivity contribution in [3.8, 4) is 11.5 Å². The van der Waals surface area contributed by atoms with E-state index in [9.17, 15) is 9.59 Å². The molecule has 2 amide bonds. The second-order valence-corrected chi connectivity index (χ2v) is 10.1. The summed E-state index contributed by atoms with van der Waals surface area (Å²) < 4.78 is 12.2. The molecule has 180 valence electrons. The SMILES string of the molecule is COc1ccc(C(=O)Nc2ccc3nc(SCC(=O)Nc4cccc(Cl)c4C)sc3c2)cc1OC. The maximum Gasteiger partial charge on any atom is 0.255 e. The molecule has 0 radical (unpaired) electrons. The molecule has 7 nitrogen and oxygen atoms in total. The van der Waals surface area contributed by atoms with Crippen LogP contribution in [0.3, 0.4) is 0 Å². The van der Waals surface area contributed by atoms with Crippen LogP contribution in [0.5, 0.6) is 11.5 Å². The Morgan fingerprint density at radius 3 is 2.60 bits per heavy atom. The van der Waals surface area contributed by atoms with Crippen LogP contribution in [-0.4, -0.2) is 36.8 Å². The molecule has 3 aromatic carbocycles. The number of amides is 2. The van der Waals surface area contributed by atoms with Crippen LogP contribution in [0.2, 0.25) is 5.02 Å². The molecule has 0 spiro atoms. The van der Waals surface area contributed by atoms with Gasteiger partial charge >= 0.3 is 0 Å². The summed E-state index contributed by atoms with van der Waals surface area (Å²) in [6, 6.07) is 15.9. The minimum Gasteiger partial charge on any atom is -0.493 e. The van der Waals surface area contributed by atoms with E-state index < -0.39 is 0 Å². The monoisotopic (exact) mass is 527 g/mol. The summed E-state index contributed by atoms with van der Waals surface area (Å²) in [5, 5.41) is 6.39. The Labute approximate surface area is 215 Å². The molecule has 0 bridgehead atoms. The van der Waals surface area contributed by atoms with Gasteiger partial charge in [-0.25, -0.2) is 4.98 Å². The standard InChI is InChI=1S/C25H22ClN3O4S2/c1-14-17(26)5-4-6-18(14)28-23(30)13-34-25-29-19-9-8-16(12-22(19)35-25)27-24(31)15-7-10-20(32-2)21(11-15)33-3/h4-12H,13H2,1-3H3,(H,27,31)(H,28,30). The second-order valence-electron chi connectivity index (χ2n) is 7.44. The third-order valence-electron chi connectivity index (χ3n) is 5.14. The van der Waals surface area contributed by atoms with Gasteiger partial charge in [-0.1, -0.05) is 29.4 Å². The van der Waals surface area contributed by atoms with Crippen molar-refractivity contribution in [1.29, 1.82) is 0 Å². The smallest absolute Gasteiger partial charge is 0.255 e. The van der Waals surface area contributed by atoms with E-state index in [2.05, 4.69) is 15.6 Å². The number of hydrogen-bond donors (Lipinski definition) is 2. The van der Waals surface area contributed by atoms with Gasteiger partial charge in [0.05, 0.1) is 30.2 Å². The molecule has 2 N–H and O–H groups in total. The molecule has 0 unspecified atom stereocenters. The van der Waals surface area contributed by atoms with Crippen molar-refractivity contribution in [2.24, 2.45) is 0 Å². The van der Waals surface area contributed by atoms with Crippen LogP contribution in [-0.2, 0) is 4.79 Å². The Morgan fingerprint density at radius 1 is 1.03 bits per heavy atom. The van der Waals surface area contributed by atoms with Crippen LogP contribution in [0.4, 0.5) is 11.4 Å². The largest absolute Gasteiger partial charge is 0.493 e. The molecule has 10 heteroatoms. The average molecular weight is 528 g/mol. The summed E-state index contributed by atoms with van der Waals surface area (Å²) in [5.41, 5.74) is 3.42. The number of methoxy groups -OCH3 is 2. The highest BCUT2D eigenvalue weighted by Crippen LogP contribution is 2.32. The zero-order chi connectivity index (χ0) is 24.9. The molecule has 0 saturated heterocycles. The molecule has 35 heavy (non-hydrogen) atoms.